The number of hydrogen-bond donors (Lipinski definition) is 2. The topological polar surface area (TPSA) is 85.8 Å². The van der Waals surface area contributed by atoms with Gasteiger partial charge in [0.15, 0.2) is 0 Å². The summed E-state index contributed by atoms with van der Waals surface area (Å²) in [7, 11) is 1.69. The summed E-state index contributed by atoms with van der Waals surface area (Å²) in [5.41, 5.74) is 5.79. The first-order valence-corrected chi connectivity index (χ1v) is 5.50. The molecule has 2 aromatic heterocycles. The summed E-state index contributed by atoms with van der Waals surface area (Å²) in [6.07, 6.45) is 1.37. The second-order valence-corrected chi connectivity index (χ2v) is 4.17. The smallest absolute Gasteiger partial charge is 0.249 e. The summed E-state index contributed by atoms with van der Waals surface area (Å²) in [5, 5.41) is 8.33. The monoisotopic (exact) mass is 237 g/mol. The number of amides is 1. The van der Waals surface area contributed by atoms with Gasteiger partial charge >= 0.3 is 0 Å². The van der Waals surface area contributed by atoms with Crippen LogP contribution in [0.25, 0.3) is 0 Å². The zero-order chi connectivity index (χ0) is 11.5. The van der Waals surface area contributed by atoms with Crippen LogP contribution in [0.15, 0.2) is 23.8 Å². The van der Waals surface area contributed by atoms with E-state index >= 15 is 0 Å². The van der Waals surface area contributed by atoms with Gasteiger partial charge in [0.1, 0.15) is 12.4 Å². The van der Waals surface area contributed by atoms with Crippen molar-refractivity contribution in [2.75, 3.05) is 5.32 Å². The lowest BCUT2D eigenvalue weighted by atomic mass is 10.2. The number of anilines is 1. The Balaban J connectivity index is 2.07. The van der Waals surface area contributed by atoms with Gasteiger partial charge in [-0.05, 0) is 11.4 Å². The van der Waals surface area contributed by atoms with E-state index in [1.807, 2.05) is 17.5 Å². The van der Waals surface area contributed by atoms with Crippen molar-refractivity contribution in [1.82, 2.24) is 14.8 Å². The highest BCUT2D eigenvalue weighted by atomic mass is 32.1. The first kappa shape index (κ1) is 10.8. The quantitative estimate of drug-likeness (QED) is 0.814. The van der Waals surface area contributed by atoms with E-state index in [4.69, 9.17) is 5.73 Å². The summed E-state index contributed by atoms with van der Waals surface area (Å²) in [5.74, 6) is 0.0931. The number of nitrogens with zero attached hydrogens (tertiary/aromatic N) is 3. The first-order chi connectivity index (χ1) is 7.68. The van der Waals surface area contributed by atoms with Crippen LogP contribution >= 0.6 is 11.3 Å². The largest absolute Gasteiger partial charge is 0.316 e. The molecule has 0 saturated carbocycles. The highest BCUT2D eigenvalue weighted by Gasteiger charge is 2.18. The molecule has 0 aliphatic rings. The van der Waals surface area contributed by atoms with Gasteiger partial charge in [0.2, 0.25) is 11.9 Å². The van der Waals surface area contributed by atoms with Gasteiger partial charge in [0.25, 0.3) is 0 Å². The van der Waals surface area contributed by atoms with Gasteiger partial charge < -0.3 is 5.73 Å². The molecule has 6 nitrogen and oxygen atoms in total. The number of carbonyl (C=O) groups excluding carboxylic acids is 1. The van der Waals surface area contributed by atoms with Crippen molar-refractivity contribution in [3.63, 3.8) is 0 Å². The van der Waals surface area contributed by atoms with E-state index in [1.165, 1.54) is 22.3 Å². The molecule has 0 aromatic carbocycles. The maximum absolute atomic E-state index is 11.8. The van der Waals surface area contributed by atoms with Gasteiger partial charge in [0.05, 0.1) is 0 Å². The second-order valence-electron chi connectivity index (χ2n) is 3.19. The average Bonchev–Trinajstić information content (AvgIpc) is 2.89. The predicted octanol–water partition coefficient (Wildman–Crippen LogP) is 0.515. The van der Waals surface area contributed by atoms with E-state index in [-0.39, 0.29) is 5.91 Å². The zero-order valence-corrected chi connectivity index (χ0v) is 9.44. The predicted molar refractivity (Wildman–Crippen MR) is 60.9 cm³/mol. The van der Waals surface area contributed by atoms with Crippen molar-refractivity contribution >= 4 is 23.2 Å². The average molecular weight is 237 g/mol. The molecule has 3 N–H and O–H groups in total. The summed E-state index contributed by atoms with van der Waals surface area (Å²) < 4.78 is 1.47. The van der Waals surface area contributed by atoms with Crippen LogP contribution in [-0.2, 0) is 11.8 Å². The van der Waals surface area contributed by atoms with Crippen LogP contribution < -0.4 is 11.1 Å². The van der Waals surface area contributed by atoms with Crippen LogP contribution in [0.2, 0.25) is 0 Å². The fraction of sp³-hybridized carbons (Fsp3) is 0.222. The standard InChI is InChI=1S/C9H11N5OS/c1-14-9(11-5-12-14)13-8(15)7(10)6-3-2-4-16-6/h2-5,7H,10H2,1H3,(H,11,12,13,15). The lowest BCUT2D eigenvalue weighted by Crippen LogP contribution is -2.28. The minimum atomic E-state index is -0.670. The molecule has 1 unspecified atom stereocenters. The fourth-order valence-corrected chi connectivity index (χ4v) is 1.92. The van der Waals surface area contributed by atoms with E-state index < -0.39 is 6.04 Å². The first-order valence-electron chi connectivity index (χ1n) is 4.62. The molecule has 0 fully saturated rings. The lowest BCUT2D eigenvalue weighted by Gasteiger charge is -2.09. The minimum Gasteiger partial charge on any atom is -0.316 e. The van der Waals surface area contributed by atoms with Crippen molar-refractivity contribution in [2.45, 2.75) is 6.04 Å². The molecule has 1 amide bonds. The Labute approximate surface area is 96.1 Å². The van der Waals surface area contributed by atoms with Crippen LogP contribution in [0.4, 0.5) is 5.95 Å². The molecule has 2 aromatic rings. The number of rotatable bonds is 3. The van der Waals surface area contributed by atoms with Crippen LogP contribution in [-0.4, -0.2) is 20.7 Å². The number of nitrogens with two attached hydrogens (primary N) is 1. The van der Waals surface area contributed by atoms with Gasteiger partial charge in [-0.3, -0.25) is 10.1 Å². The van der Waals surface area contributed by atoms with E-state index in [0.29, 0.717) is 5.95 Å². The molecule has 0 radical (unpaired) electrons. The Morgan fingerprint density at radius 2 is 2.50 bits per heavy atom. The van der Waals surface area contributed by atoms with E-state index in [0.717, 1.165) is 4.88 Å². The van der Waals surface area contributed by atoms with Crippen molar-refractivity contribution in [3.8, 4) is 0 Å². The van der Waals surface area contributed by atoms with E-state index in [2.05, 4.69) is 15.4 Å². The van der Waals surface area contributed by atoms with E-state index in [9.17, 15) is 4.79 Å². The summed E-state index contributed by atoms with van der Waals surface area (Å²) in [4.78, 5) is 16.5. The molecule has 84 valence electrons. The molecule has 2 rings (SSSR count). The second kappa shape index (κ2) is 4.42. The molecule has 0 spiro atoms. The van der Waals surface area contributed by atoms with Crippen molar-refractivity contribution in [3.05, 3.63) is 28.7 Å². The highest BCUT2D eigenvalue weighted by Crippen LogP contribution is 2.17. The Morgan fingerprint density at radius 1 is 1.69 bits per heavy atom. The maximum Gasteiger partial charge on any atom is 0.249 e. The number of carbonyl (C=O) groups is 1. The third kappa shape index (κ3) is 2.10. The zero-order valence-electron chi connectivity index (χ0n) is 8.62. The highest BCUT2D eigenvalue weighted by molar-refractivity contribution is 7.10. The molecule has 0 aliphatic heterocycles. The molecule has 16 heavy (non-hydrogen) atoms. The minimum absolute atomic E-state index is 0.293. The van der Waals surface area contributed by atoms with Crippen molar-refractivity contribution in [1.29, 1.82) is 0 Å². The van der Waals surface area contributed by atoms with Crippen molar-refractivity contribution < 1.29 is 4.79 Å². The van der Waals surface area contributed by atoms with Crippen LogP contribution in [0.1, 0.15) is 10.9 Å². The van der Waals surface area contributed by atoms with E-state index in [1.54, 1.807) is 7.05 Å². The summed E-state index contributed by atoms with van der Waals surface area (Å²) in [6, 6.07) is 3.01. The third-order valence-corrected chi connectivity index (χ3v) is 3.03. The number of aromatic nitrogens is 3. The fourth-order valence-electron chi connectivity index (χ4n) is 1.19. The summed E-state index contributed by atoms with van der Waals surface area (Å²) in [6.45, 7) is 0. The van der Waals surface area contributed by atoms with Gasteiger partial charge in [-0.25, -0.2) is 4.68 Å². The van der Waals surface area contributed by atoms with Gasteiger partial charge in [-0.1, -0.05) is 6.07 Å². The number of aryl methyl sites for hydroxylation is 1. The maximum atomic E-state index is 11.8. The Kier molecular flexibility index (Phi) is 2.97. The van der Waals surface area contributed by atoms with Gasteiger partial charge in [-0.2, -0.15) is 10.1 Å². The molecule has 0 saturated heterocycles. The lowest BCUT2D eigenvalue weighted by molar-refractivity contribution is -0.117. The molecule has 7 heteroatoms. The molecule has 2 heterocycles. The molecule has 0 bridgehead atoms. The Hall–Kier alpha value is -1.73. The summed E-state index contributed by atoms with van der Waals surface area (Å²) >= 11 is 1.45. The molecule has 0 aliphatic carbocycles. The van der Waals surface area contributed by atoms with Crippen LogP contribution in [0.3, 0.4) is 0 Å². The van der Waals surface area contributed by atoms with Gasteiger partial charge in [0, 0.05) is 11.9 Å². The third-order valence-electron chi connectivity index (χ3n) is 2.08. The van der Waals surface area contributed by atoms with Crippen LogP contribution in [0.5, 0.6) is 0 Å². The van der Waals surface area contributed by atoms with Crippen LogP contribution in [0, 0.1) is 0 Å². The van der Waals surface area contributed by atoms with Crippen molar-refractivity contribution in [2.24, 2.45) is 12.8 Å². The Morgan fingerprint density at radius 3 is 3.06 bits per heavy atom. The number of nitrogens with one attached hydrogen (secondary N) is 1. The molecule has 1 atom stereocenters. The molecular weight excluding hydrogens is 226 g/mol. The number of hydrogen-bond acceptors (Lipinski definition) is 5. The SMILES string of the molecule is Cn1ncnc1NC(=O)C(N)c1cccs1. The normalized spacial score (nSPS) is 12.4. The number of thiophene rings is 1. The molecular formula is C9H11N5OS. The van der Waals surface area contributed by atoms with Gasteiger partial charge in [-0.15, -0.1) is 11.3 Å². The Bertz CT molecular complexity index is 478.